The van der Waals surface area contributed by atoms with Crippen molar-refractivity contribution in [3.8, 4) is 0 Å². The third kappa shape index (κ3) is 23.2. The van der Waals surface area contributed by atoms with E-state index in [1.165, 1.54) is 83.5 Å². The van der Waals surface area contributed by atoms with Crippen LogP contribution in [0.3, 0.4) is 0 Å². The van der Waals surface area contributed by atoms with Crippen LogP contribution in [0.5, 0.6) is 0 Å². The monoisotopic (exact) mass is 480 g/mol. The summed E-state index contributed by atoms with van der Waals surface area (Å²) < 4.78 is 22.7. The lowest BCUT2D eigenvalue weighted by Gasteiger charge is -2.24. The number of quaternary nitrogens is 1. The van der Waals surface area contributed by atoms with Crippen molar-refractivity contribution in [3.63, 3.8) is 0 Å². The fraction of sp³-hybridized carbons (Fsp3) is 1.00. The van der Waals surface area contributed by atoms with E-state index in [0.717, 1.165) is 19.3 Å². The molecule has 0 heterocycles. The van der Waals surface area contributed by atoms with Crippen LogP contribution in [0.4, 0.5) is 0 Å². The molecule has 0 saturated heterocycles. The summed E-state index contributed by atoms with van der Waals surface area (Å²) in [6, 6.07) is 0. The van der Waals surface area contributed by atoms with Crippen molar-refractivity contribution < 1.29 is 28.1 Å². The van der Waals surface area contributed by atoms with Crippen molar-refractivity contribution in [2.24, 2.45) is 5.92 Å². The van der Waals surface area contributed by atoms with E-state index >= 15 is 0 Å². The van der Waals surface area contributed by atoms with Crippen LogP contribution in [0, 0.1) is 5.92 Å². The molecule has 6 nitrogen and oxygen atoms in total. The second kappa shape index (κ2) is 20.4. The largest absolute Gasteiger partial charge is 0.472 e. The van der Waals surface area contributed by atoms with Gasteiger partial charge in [0.25, 0.3) is 0 Å². The molecule has 0 fully saturated rings. The van der Waals surface area contributed by atoms with Gasteiger partial charge in [0.2, 0.25) is 0 Å². The van der Waals surface area contributed by atoms with Crippen molar-refractivity contribution in [2.75, 3.05) is 47.5 Å². The van der Waals surface area contributed by atoms with Gasteiger partial charge >= 0.3 is 7.82 Å². The van der Waals surface area contributed by atoms with Gasteiger partial charge in [-0.05, 0) is 6.42 Å². The van der Waals surface area contributed by atoms with Gasteiger partial charge in [-0.3, -0.25) is 9.05 Å². The smallest absolute Gasteiger partial charge is 0.396 e. The number of phosphoric ester groups is 1. The Morgan fingerprint density at radius 2 is 1.19 bits per heavy atom. The number of rotatable bonds is 24. The molecular weight excluding hydrogens is 425 g/mol. The number of phosphoric acid groups is 1. The molecule has 0 saturated carbocycles. The lowest BCUT2D eigenvalue weighted by Crippen LogP contribution is -2.37. The predicted molar refractivity (Wildman–Crippen MR) is 135 cm³/mol. The lowest BCUT2D eigenvalue weighted by molar-refractivity contribution is -0.870. The minimum absolute atomic E-state index is 0.0303. The fourth-order valence-corrected chi connectivity index (χ4v) is 4.48. The van der Waals surface area contributed by atoms with E-state index in [1.54, 1.807) is 0 Å². The first-order valence-electron chi connectivity index (χ1n) is 13.2. The number of likely N-dealkylation sites (N-methyl/N-ethyl adjacent to an activating group) is 1. The van der Waals surface area contributed by atoms with Gasteiger partial charge in [-0.15, -0.1) is 0 Å². The quantitative estimate of drug-likeness (QED) is 0.0913. The zero-order chi connectivity index (χ0) is 24.1. The van der Waals surface area contributed by atoms with Crippen LogP contribution in [-0.4, -0.2) is 62.0 Å². The SMILES string of the molecule is CCCCCCCCCCCCCCCCCC(CO)COP(=O)(O)OCC[N+](C)(C)C. The maximum atomic E-state index is 12.0. The molecule has 7 heteroatoms. The standard InChI is InChI=1S/C25H54NO5P/c1-5-6-7-8-9-10-11-12-13-14-15-16-17-18-19-20-25(23-27)24-31-32(28,29)30-22-21-26(2,3)4/h25,27H,5-24H2,1-4H3/p+1. The highest BCUT2D eigenvalue weighted by Gasteiger charge is 2.24. The third-order valence-electron chi connectivity index (χ3n) is 5.96. The summed E-state index contributed by atoms with van der Waals surface area (Å²) in [5, 5.41) is 9.53. The lowest BCUT2D eigenvalue weighted by atomic mass is 10.0. The molecular formula is C25H55NO5P+. The predicted octanol–water partition coefficient (Wildman–Crippen LogP) is 6.70. The van der Waals surface area contributed by atoms with E-state index in [0.29, 0.717) is 11.0 Å². The van der Waals surface area contributed by atoms with Crippen molar-refractivity contribution in [2.45, 2.75) is 110 Å². The van der Waals surface area contributed by atoms with E-state index in [1.807, 2.05) is 21.1 Å². The van der Waals surface area contributed by atoms with Gasteiger partial charge in [-0.2, -0.15) is 0 Å². The first-order chi connectivity index (χ1) is 15.2. The summed E-state index contributed by atoms with van der Waals surface area (Å²) in [7, 11) is 1.93. The van der Waals surface area contributed by atoms with Gasteiger partial charge in [0, 0.05) is 12.5 Å². The molecule has 0 amide bonds. The number of hydrogen-bond acceptors (Lipinski definition) is 4. The Balaban J connectivity index is 3.56. The summed E-state index contributed by atoms with van der Waals surface area (Å²) in [6.07, 6.45) is 20.7. The first kappa shape index (κ1) is 32.0. The fourth-order valence-electron chi connectivity index (χ4n) is 3.70. The normalized spacial score (nSPS) is 15.1. The van der Waals surface area contributed by atoms with Crippen molar-refractivity contribution in [3.05, 3.63) is 0 Å². The molecule has 2 atom stereocenters. The third-order valence-corrected chi connectivity index (χ3v) is 6.95. The molecule has 0 aromatic rings. The molecule has 0 aromatic heterocycles. The maximum absolute atomic E-state index is 12.0. The zero-order valence-electron chi connectivity index (χ0n) is 21.7. The number of hydrogen-bond donors (Lipinski definition) is 2. The van der Waals surface area contributed by atoms with Crippen LogP contribution in [-0.2, 0) is 13.6 Å². The van der Waals surface area contributed by atoms with Gasteiger partial charge in [-0.1, -0.05) is 103 Å². The number of aliphatic hydroxyl groups excluding tert-OH is 1. The molecule has 32 heavy (non-hydrogen) atoms. The van der Waals surface area contributed by atoms with Crippen LogP contribution in [0.1, 0.15) is 110 Å². The van der Waals surface area contributed by atoms with Crippen LogP contribution in [0.25, 0.3) is 0 Å². The molecule has 0 spiro atoms. The Labute approximate surface area is 199 Å². The highest BCUT2D eigenvalue weighted by atomic mass is 31.2. The molecule has 0 aliphatic carbocycles. The average Bonchev–Trinajstić information content (AvgIpc) is 2.72. The van der Waals surface area contributed by atoms with E-state index in [2.05, 4.69) is 6.92 Å². The minimum Gasteiger partial charge on any atom is -0.396 e. The van der Waals surface area contributed by atoms with Gasteiger partial charge in [-0.25, -0.2) is 4.57 Å². The molecule has 0 aliphatic heterocycles. The van der Waals surface area contributed by atoms with Gasteiger partial charge in [0.05, 0.1) is 27.7 Å². The summed E-state index contributed by atoms with van der Waals surface area (Å²) >= 11 is 0. The summed E-state index contributed by atoms with van der Waals surface area (Å²) in [4.78, 5) is 9.78. The Morgan fingerprint density at radius 1 is 0.750 bits per heavy atom. The minimum atomic E-state index is -4.04. The summed E-state index contributed by atoms with van der Waals surface area (Å²) in [5.41, 5.74) is 0. The van der Waals surface area contributed by atoms with Crippen molar-refractivity contribution in [1.29, 1.82) is 0 Å². The van der Waals surface area contributed by atoms with Crippen LogP contribution >= 0.6 is 7.82 Å². The Morgan fingerprint density at radius 3 is 1.59 bits per heavy atom. The van der Waals surface area contributed by atoms with Crippen molar-refractivity contribution >= 4 is 7.82 Å². The van der Waals surface area contributed by atoms with E-state index in [9.17, 15) is 14.6 Å². The van der Waals surface area contributed by atoms with Crippen LogP contribution in [0.15, 0.2) is 0 Å². The molecule has 0 radical (unpaired) electrons. The van der Waals surface area contributed by atoms with Crippen molar-refractivity contribution in [1.82, 2.24) is 0 Å². The Kier molecular flexibility index (Phi) is 20.4. The maximum Gasteiger partial charge on any atom is 0.472 e. The van der Waals surface area contributed by atoms with Gasteiger partial charge in [0.1, 0.15) is 13.2 Å². The molecule has 2 unspecified atom stereocenters. The number of nitrogens with zero attached hydrogens (tertiary/aromatic N) is 1. The van der Waals surface area contributed by atoms with E-state index in [4.69, 9.17) is 9.05 Å². The molecule has 0 aliphatic rings. The Bertz CT molecular complexity index is 456. The topological polar surface area (TPSA) is 76.0 Å². The van der Waals surface area contributed by atoms with Crippen LogP contribution in [0.2, 0.25) is 0 Å². The molecule has 0 rings (SSSR count). The van der Waals surface area contributed by atoms with Gasteiger partial charge in [0.15, 0.2) is 0 Å². The highest BCUT2D eigenvalue weighted by Crippen LogP contribution is 2.43. The second-order valence-corrected chi connectivity index (χ2v) is 11.9. The summed E-state index contributed by atoms with van der Waals surface area (Å²) in [6.45, 7) is 3.09. The zero-order valence-corrected chi connectivity index (χ0v) is 22.6. The van der Waals surface area contributed by atoms with E-state index < -0.39 is 7.82 Å². The summed E-state index contributed by atoms with van der Waals surface area (Å²) in [5.74, 6) is -0.112. The average molecular weight is 481 g/mol. The second-order valence-electron chi connectivity index (χ2n) is 10.4. The Hall–Kier alpha value is 0.0300. The molecule has 2 N–H and O–H groups in total. The van der Waals surface area contributed by atoms with Gasteiger partial charge < -0.3 is 14.5 Å². The molecule has 0 aromatic carbocycles. The van der Waals surface area contributed by atoms with Crippen LogP contribution < -0.4 is 0 Å². The first-order valence-corrected chi connectivity index (χ1v) is 14.7. The highest BCUT2D eigenvalue weighted by molar-refractivity contribution is 7.47. The number of aliphatic hydroxyl groups is 1. The molecule has 194 valence electrons. The molecule has 0 bridgehead atoms. The van der Waals surface area contributed by atoms with E-state index in [-0.39, 0.29) is 25.7 Å². The number of unbranched alkanes of at least 4 members (excludes halogenated alkanes) is 14.